The molecule has 8 heteroatoms. The van der Waals surface area contributed by atoms with Crippen LogP contribution in [0, 0.1) is 0 Å². The first kappa shape index (κ1) is 24.1. The van der Waals surface area contributed by atoms with Gasteiger partial charge in [-0.05, 0) is 61.4 Å². The predicted molar refractivity (Wildman–Crippen MR) is 146 cm³/mol. The molecule has 0 bridgehead atoms. The van der Waals surface area contributed by atoms with E-state index in [-0.39, 0.29) is 11.9 Å². The third-order valence-corrected chi connectivity index (χ3v) is 7.64. The molecule has 2 aromatic heterocycles. The molecule has 1 saturated heterocycles. The lowest BCUT2D eigenvalue weighted by Gasteiger charge is -2.32. The Hall–Kier alpha value is -3.65. The first-order valence-electron chi connectivity index (χ1n) is 12.1. The maximum Gasteiger partial charge on any atom is 0.321 e. The molecular weight excluding hydrogens is 470 g/mol. The van der Waals surface area contributed by atoms with E-state index in [0.29, 0.717) is 6.54 Å². The van der Waals surface area contributed by atoms with Gasteiger partial charge in [0.25, 0.3) is 0 Å². The van der Waals surface area contributed by atoms with Crippen molar-refractivity contribution in [3.8, 4) is 11.3 Å². The molecule has 1 aliphatic heterocycles. The number of rotatable bonds is 5. The molecule has 0 spiro atoms. The number of anilines is 2. The number of hydrogen-bond acceptors (Lipinski definition) is 4. The van der Waals surface area contributed by atoms with Crippen molar-refractivity contribution in [3.63, 3.8) is 0 Å². The summed E-state index contributed by atoms with van der Waals surface area (Å²) in [7, 11) is 2.92. The van der Waals surface area contributed by atoms with Crippen LogP contribution in [0.3, 0.4) is 0 Å². The summed E-state index contributed by atoms with van der Waals surface area (Å²) in [4.78, 5) is 22.9. The zero-order chi connectivity index (χ0) is 25.2. The van der Waals surface area contributed by atoms with Crippen molar-refractivity contribution in [3.05, 3.63) is 78.8 Å². The lowest BCUT2D eigenvalue weighted by molar-refractivity contribution is 0.191. The highest BCUT2D eigenvalue weighted by Gasteiger charge is 2.28. The second-order valence-electron chi connectivity index (χ2n) is 9.41. The van der Waals surface area contributed by atoms with Gasteiger partial charge in [0, 0.05) is 78.2 Å². The normalized spacial score (nSPS) is 16.6. The molecule has 2 unspecified atom stereocenters. The van der Waals surface area contributed by atoms with Gasteiger partial charge in [-0.1, -0.05) is 18.2 Å². The maximum atomic E-state index is 13.1. The molecule has 2 aromatic carbocycles. The number of hydrogen-bond donors (Lipinski definition) is 1. The largest absolute Gasteiger partial charge is 0.378 e. The number of nitrogens with one attached hydrogen (secondary N) is 1. The highest BCUT2D eigenvalue weighted by molar-refractivity contribution is 7.84. The zero-order valence-electron chi connectivity index (χ0n) is 20.8. The lowest BCUT2D eigenvalue weighted by Crippen LogP contribution is -2.42. The van der Waals surface area contributed by atoms with Crippen LogP contribution in [0.5, 0.6) is 0 Å². The summed E-state index contributed by atoms with van der Waals surface area (Å²) >= 11 is 0. The molecule has 5 rings (SSSR count). The third-order valence-electron chi connectivity index (χ3n) is 6.72. The minimum Gasteiger partial charge on any atom is -0.378 e. The van der Waals surface area contributed by atoms with Crippen LogP contribution in [0.4, 0.5) is 16.2 Å². The first-order chi connectivity index (χ1) is 17.4. The number of carbonyl (C=O) groups excluding carboxylic acids is 1. The quantitative estimate of drug-likeness (QED) is 0.407. The van der Waals surface area contributed by atoms with Gasteiger partial charge in [0.1, 0.15) is 5.82 Å². The average molecular weight is 502 g/mol. The number of benzene rings is 2. The summed E-state index contributed by atoms with van der Waals surface area (Å²) in [5.41, 5.74) is 4.71. The predicted octanol–water partition coefficient (Wildman–Crippen LogP) is 5.22. The fourth-order valence-corrected chi connectivity index (χ4v) is 5.37. The van der Waals surface area contributed by atoms with E-state index >= 15 is 0 Å². The maximum absolute atomic E-state index is 13.1. The Bertz CT molecular complexity index is 1410. The van der Waals surface area contributed by atoms with Crippen LogP contribution in [0.25, 0.3) is 16.8 Å². The van der Waals surface area contributed by atoms with Crippen LogP contribution in [0.2, 0.25) is 0 Å². The van der Waals surface area contributed by atoms with Gasteiger partial charge < -0.3 is 19.5 Å². The van der Waals surface area contributed by atoms with E-state index < -0.39 is 10.8 Å². The van der Waals surface area contributed by atoms with E-state index in [0.717, 1.165) is 58.3 Å². The molecule has 0 aliphatic carbocycles. The molecule has 1 N–H and O–H groups in total. The topological polar surface area (TPSA) is 70.0 Å². The molecule has 0 radical (unpaired) electrons. The number of pyridine rings is 1. The highest BCUT2D eigenvalue weighted by Crippen LogP contribution is 2.33. The number of amides is 2. The molecule has 1 aliphatic rings. The van der Waals surface area contributed by atoms with Crippen molar-refractivity contribution in [2.45, 2.75) is 23.7 Å². The highest BCUT2D eigenvalue weighted by atomic mass is 32.2. The van der Waals surface area contributed by atoms with Gasteiger partial charge in [-0.15, -0.1) is 0 Å². The molecule has 3 heterocycles. The smallest absolute Gasteiger partial charge is 0.321 e. The Balaban J connectivity index is 1.40. The molecule has 2 amide bonds. The van der Waals surface area contributed by atoms with E-state index in [1.165, 1.54) is 0 Å². The number of aromatic nitrogens is 2. The van der Waals surface area contributed by atoms with Crippen molar-refractivity contribution in [2.24, 2.45) is 0 Å². The summed E-state index contributed by atoms with van der Waals surface area (Å²) in [6, 6.07) is 21.6. The van der Waals surface area contributed by atoms with Gasteiger partial charge in [-0.2, -0.15) is 0 Å². The van der Waals surface area contributed by atoms with E-state index in [2.05, 4.69) is 15.8 Å². The van der Waals surface area contributed by atoms with Crippen LogP contribution in [-0.2, 0) is 10.8 Å². The van der Waals surface area contributed by atoms with Crippen molar-refractivity contribution < 1.29 is 9.00 Å². The van der Waals surface area contributed by atoms with Gasteiger partial charge in [0.05, 0.1) is 11.2 Å². The van der Waals surface area contributed by atoms with E-state index in [1.807, 2.05) is 90.8 Å². The van der Waals surface area contributed by atoms with Crippen molar-refractivity contribution >= 4 is 33.7 Å². The molecule has 4 aromatic rings. The number of urea groups is 1. The summed E-state index contributed by atoms with van der Waals surface area (Å²) in [5.74, 6) is 1.07. The molecule has 2 atom stereocenters. The minimum atomic E-state index is -1.06. The van der Waals surface area contributed by atoms with Gasteiger partial charge in [0.15, 0.2) is 0 Å². The van der Waals surface area contributed by atoms with Crippen molar-refractivity contribution in [1.82, 2.24) is 14.3 Å². The number of piperidine rings is 1. The van der Waals surface area contributed by atoms with E-state index in [9.17, 15) is 9.00 Å². The summed E-state index contributed by atoms with van der Waals surface area (Å²) in [6.07, 6.45) is 5.61. The van der Waals surface area contributed by atoms with Crippen molar-refractivity contribution in [1.29, 1.82) is 0 Å². The lowest BCUT2D eigenvalue weighted by atomic mass is 9.97. The molecule has 7 nitrogen and oxygen atoms in total. The number of fused-ring (bicyclic) bond motifs is 1. The molecule has 1 fully saturated rings. The standard InChI is InChI=1S/C28H31N5O2S/c1-31(2)23-14-12-22(13-15-23)29-28(34)32-16-7-9-21(19-32)27-30-26(25-11-4-5-17-33(25)27)20-8-6-10-24(18-20)36(3)35/h4-6,8,10-15,17-18,21H,7,9,16,19H2,1-3H3,(H,29,34). The monoisotopic (exact) mass is 501 g/mol. The number of likely N-dealkylation sites (tertiary alicyclic amines) is 1. The fraction of sp³-hybridized carbons (Fsp3) is 0.286. The first-order valence-corrected chi connectivity index (χ1v) is 13.7. The Morgan fingerprint density at radius 1 is 1.08 bits per heavy atom. The molecule has 36 heavy (non-hydrogen) atoms. The fourth-order valence-electron chi connectivity index (χ4n) is 4.80. The van der Waals surface area contributed by atoms with Crippen LogP contribution < -0.4 is 10.2 Å². The van der Waals surface area contributed by atoms with Crippen LogP contribution in [0.15, 0.2) is 77.8 Å². The van der Waals surface area contributed by atoms with Crippen LogP contribution in [0.1, 0.15) is 24.6 Å². The summed E-state index contributed by atoms with van der Waals surface area (Å²) in [5, 5.41) is 3.05. The van der Waals surface area contributed by atoms with E-state index in [1.54, 1.807) is 6.26 Å². The van der Waals surface area contributed by atoms with Crippen molar-refractivity contribution in [2.75, 3.05) is 43.7 Å². The molecule has 0 saturated carbocycles. The minimum absolute atomic E-state index is 0.0866. The van der Waals surface area contributed by atoms with Crippen LogP contribution >= 0.6 is 0 Å². The average Bonchev–Trinajstić information content (AvgIpc) is 3.29. The second-order valence-corrected chi connectivity index (χ2v) is 10.8. The molecule has 186 valence electrons. The van der Waals surface area contributed by atoms with Gasteiger partial charge in [-0.3, -0.25) is 4.21 Å². The van der Waals surface area contributed by atoms with E-state index in [4.69, 9.17) is 4.98 Å². The van der Waals surface area contributed by atoms with Gasteiger partial charge in [-0.25, -0.2) is 9.78 Å². The Kier molecular flexibility index (Phi) is 6.78. The summed E-state index contributed by atoms with van der Waals surface area (Å²) in [6.45, 7) is 1.33. The number of imidazole rings is 1. The Morgan fingerprint density at radius 2 is 1.89 bits per heavy atom. The SMILES string of the molecule is CN(C)c1ccc(NC(=O)N2CCCC(c3nc(-c4cccc(S(C)=O)c4)c4ccccn34)C2)cc1. The van der Waals surface area contributed by atoms with Gasteiger partial charge >= 0.3 is 6.03 Å². The molecular formula is C28H31N5O2S. The Morgan fingerprint density at radius 3 is 2.64 bits per heavy atom. The Labute approximate surface area is 214 Å². The number of nitrogens with zero attached hydrogens (tertiary/aromatic N) is 4. The van der Waals surface area contributed by atoms with Gasteiger partial charge in [0.2, 0.25) is 0 Å². The zero-order valence-corrected chi connectivity index (χ0v) is 21.7. The second kappa shape index (κ2) is 10.1. The third kappa shape index (κ3) is 4.86. The summed E-state index contributed by atoms with van der Waals surface area (Å²) < 4.78 is 14.2. The number of carbonyl (C=O) groups is 1. The van der Waals surface area contributed by atoms with Crippen LogP contribution in [-0.4, -0.2) is 58.0 Å².